The highest BCUT2D eigenvalue weighted by Crippen LogP contribution is 2.29. The van der Waals surface area contributed by atoms with Crippen molar-refractivity contribution in [3.8, 4) is 5.75 Å². The highest BCUT2D eigenvalue weighted by molar-refractivity contribution is 5.77. The molecular weight excluding hydrogens is 294 g/mol. The van der Waals surface area contributed by atoms with Crippen LogP contribution in [0.2, 0.25) is 0 Å². The number of carbonyl (C=O) groups is 2. The second-order valence-corrected chi connectivity index (χ2v) is 6.30. The number of carbonyl (C=O) groups excluding carboxylic acids is 1. The quantitative estimate of drug-likeness (QED) is 0.845. The van der Waals surface area contributed by atoms with Crippen molar-refractivity contribution in [3.05, 3.63) is 29.8 Å². The summed E-state index contributed by atoms with van der Waals surface area (Å²) < 4.78 is 5.34. The third kappa shape index (κ3) is 4.71. The first kappa shape index (κ1) is 17.3. The van der Waals surface area contributed by atoms with Crippen LogP contribution in [0.4, 0.5) is 0 Å². The van der Waals surface area contributed by atoms with Crippen LogP contribution in [0.5, 0.6) is 5.75 Å². The number of amides is 1. The molecule has 2 N–H and O–H groups in total. The first-order valence-electron chi connectivity index (χ1n) is 8.16. The van der Waals surface area contributed by atoms with Crippen molar-refractivity contribution in [3.63, 3.8) is 0 Å². The van der Waals surface area contributed by atoms with Gasteiger partial charge in [-0.25, -0.2) is 0 Å². The van der Waals surface area contributed by atoms with E-state index in [4.69, 9.17) is 9.84 Å². The van der Waals surface area contributed by atoms with Crippen LogP contribution in [-0.4, -0.2) is 30.1 Å². The van der Waals surface area contributed by atoms with Gasteiger partial charge < -0.3 is 15.2 Å². The molecule has 23 heavy (non-hydrogen) atoms. The van der Waals surface area contributed by atoms with E-state index in [1.165, 1.54) is 0 Å². The zero-order chi connectivity index (χ0) is 16.8. The van der Waals surface area contributed by atoms with Crippen LogP contribution in [0.25, 0.3) is 0 Å². The number of carboxylic acids is 1. The van der Waals surface area contributed by atoms with Gasteiger partial charge in [-0.1, -0.05) is 25.1 Å². The van der Waals surface area contributed by atoms with Crippen molar-refractivity contribution >= 4 is 11.9 Å². The van der Waals surface area contributed by atoms with E-state index in [0.717, 1.165) is 24.2 Å². The Hall–Kier alpha value is -2.04. The maximum absolute atomic E-state index is 12.2. The molecule has 1 aromatic rings. The molecule has 1 aromatic carbocycles. The summed E-state index contributed by atoms with van der Waals surface area (Å²) in [4.78, 5) is 23.2. The van der Waals surface area contributed by atoms with E-state index in [-0.39, 0.29) is 23.8 Å². The molecule has 1 aliphatic carbocycles. The lowest BCUT2D eigenvalue weighted by molar-refractivity contribution is -0.142. The van der Waals surface area contributed by atoms with Gasteiger partial charge in [0.15, 0.2) is 0 Å². The lowest BCUT2D eigenvalue weighted by Gasteiger charge is -2.27. The van der Waals surface area contributed by atoms with E-state index in [9.17, 15) is 9.59 Å². The Morgan fingerprint density at radius 3 is 2.52 bits per heavy atom. The van der Waals surface area contributed by atoms with E-state index >= 15 is 0 Å². The average molecular weight is 319 g/mol. The molecule has 1 fully saturated rings. The molecule has 0 bridgehead atoms. The minimum atomic E-state index is -0.723. The first-order chi connectivity index (χ1) is 11.0. The summed E-state index contributed by atoms with van der Waals surface area (Å²) in [6.07, 6.45) is 3.17. The van der Waals surface area contributed by atoms with Gasteiger partial charge in [-0.05, 0) is 43.2 Å². The summed E-state index contributed by atoms with van der Waals surface area (Å²) in [5.41, 5.74) is 1.03. The molecule has 0 spiro atoms. The van der Waals surface area contributed by atoms with Gasteiger partial charge in [0.1, 0.15) is 5.75 Å². The van der Waals surface area contributed by atoms with Crippen LogP contribution in [0.1, 0.15) is 50.5 Å². The number of hydrogen-bond acceptors (Lipinski definition) is 3. The summed E-state index contributed by atoms with van der Waals surface area (Å²) in [5.74, 6) is -0.0892. The second kappa shape index (κ2) is 7.99. The molecule has 1 saturated carbocycles. The summed E-state index contributed by atoms with van der Waals surface area (Å²) in [6, 6.07) is 7.84. The van der Waals surface area contributed by atoms with E-state index in [2.05, 4.69) is 5.32 Å². The number of hydrogen-bond donors (Lipinski definition) is 2. The largest absolute Gasteiger partial charge is 0.496 e. The van der Waals surface area contributed by atoms with Gasteiger partial charge in [0.05, 0.1) is 13.0 Å². The van der Waals surface area contributed by atoms with Crippen LogP contribution >= 0.6 is 0 Å². The monoisotopic (exact) mass is 319 g/mol. The van der Waals surface area contributed by atoms with E-state index in [0.29, 0.717) is 19.3 Å². The number of aliphatic carboxylic acids is 1. The molecule has 1 amide bonds. The van der Waals surface area contributed by atoms with Crippen molar-refractivity contribution in [1.82, 2.24) is 5.32 Å². The topological polar surface area (TPSA) is 75.6 Å². The predicted molar refractivity (Wildman–Crippen MR) is 87.6 cm³/mol. The summed E-state index contributed by atoms with van der Waals surface area (Å²) in [7, 11) is 1.63. The van der Waals surface area contributed by atoms with Gasteiger partial charge in [0, 0.05) is 12.5 Å². The van der Waals surface area contributed by atoms with Crippen molar-refractivity contribution < 1.29 is 19.4 Å². The zero-order valence-electron chi connectivity index (χ0n) is 13.7. The van der Waals surface area contributed by atoms with Gasteiger partial charge in [0.25, 0.3) is 0 Å². The first-order valence-corrected chi connectivity index (χ1v) is 8.16. The number of benzene rings is 1. The third-order valence-corrected chi connectivity index (χ3v) is 4.60. The zero-order valence-corrected chi connectivity index (χ0v) is 13.7. The SMILES string of the molecule is COc1ccccc1C(C)CC(=O)NC1CCC(C(=O)O)CC1. The maximum Gasteiger partial charge on any atom is 0.306 e. The van der Waals surface area contributed by atoms with Crippen molar-refractivity contribution in [2.75, 3.05) is 7.11 Å². The molecule has 1 atom stereocenters. The molecule has 5 heteroatoms. The number of nitrogens with one attached hydrogen (secondary N) is 1. The van der Waals surface area contributed by atoms with Crippen LogP contribution in [-0.2, 0) is 9.59 Å². The van der Waals surface area contributed by atoms with E-state index in [1.54, 1.807) is 7.11 Å². The fraction of sp³-hybridized carbons (Fsp3) is 0.556. The van der Waals surface area contributed by atoms with Crippen LogP contribution in [0.15, 0.2) is 24.3 Å². The number of para-hydroxylation sites is 1. The summed E-state index contributed by atoms with van der Waals surface area (Å²) in [5, 5.41) is 12.0. The number of ether oxygens (including phenoxy) is 1. The summed E-state index contributed by atoms with van der Waals surface area (Å²) in [6.45, 7) is 2.01. The van der Waals surface area contributed by atoms with Gasteiger partial charge in [-0.3, -0.25) is 9.59 Å². The Kier molecular flexibility index (Phi) is 6.02. The average Bonchev–Trinajstić information content (AvgIpc) is 2.55. The number of methoxy groups -OCH3 is 1. The van der Waals surface area contributed by atoms with Gasteiger partial charge in [-0.15, -0.1) is 0 Å². The van der Waals surface area contributed by atoms with Crippen LogP contribution in [0.3, 0.4) is 0 Å². The Labute approximate surface area is 137 Å². The predicted octanol–water partition coefficient (Wildman–Crippen LogP) is 2.95. The van der Waals surface area contributed by atoms with Crippen molar-refractivity contribution in [2.24, 2.45) is 5.92 Å². The fourth-order valence-corrected chi connectivity index (χ4v) is 3.23. The Balaban J connectivity index is 1.84. The van der Waals surface area contributed by atoms with Crippen molar-refractivity contribution in [1.29, 1.82) is 0 Å². The fourth-order valence-electron chi connectivity index (χ4n) is 3.23. The van der Waals surface area contributed by atoms with Crippen LogP contribution in [0, 0.1) is 5.92 Å². The molecule has 0 heterocycles. The van der Waals surface area contributed by atoms with Crippen LogP contribution < -0.4 is 10.1 Å². The third-order valence-electron chi connectivity index (χ3n) is 4.60. The Morgan fingerprint density at radius 1 is 1.26 bits per heavy atom. The normalized spacial score (nSPS) is 22.2. The standard InChI is InChI=1S/C18H25NO4/c1-12(15-5-3-4-6-16(15)23-2)11-17(20)19-14-9-7-13(8-10-14)18(21)22/h3-6,12-14H,7-11H2,1-2H3,(H,19,20)(H,21,22). The molecule has 0 saturated heterocycles. The second-order valence-electron chi connectivity index (χ2n) is 6.30. The highest BCUT2D eigenvalue weighted by atomic mass is 16.5. The molecule has 0 aromatic heterocycles. The molecular formula is C18H25NO4. The molecule has 1 unspecified atom stereocenters. The lowest BCUT2D eigenvalue weighted by Crippen LogP contribution is -2.39. The molecule has 0 aliphatic heterocycles. The van der Waals surface area contributed by atoms with Gasteiger partial charge in [-0.2, -0.15) is 0 Å². The van der Waals surface area contributed by atoms with E-state index < -0.39 is 5.97 Å². The molecule has 5 nitrogen and oxygen atoms in total. The minimum Gasteiger partial charge on any atom is -0.496 e. The Bertz CT molecular complexity index is 550. The van der Waals surface area contributed by atoms with Crippen molar-refractivity contribution in [2.45, 2.75) is 51.0 Å². The molecule has 126 valence electrons. The lowest BCUT2D eigenvalue weighted by atomic mass is 9.86. The molecule has 1 aliphatic rings. The maximum atomic E-state index is 12.2. The minimum absolute atomic E-state index is 0.0159. The molecule has 2 rings (SSSR count). The van der Waals surface area contributed by atoms with E-state index in [1.807, 2.05) is 31.2 Å². The molecule has 0 radical (unpaired) electrons. The highest BCUT2D eigenvalue weighted by Gasteiger charge is 2.27. The summed E-state index contributed by atoms with van der Waals surface area (Å²) >= 11 is 0. The number of rotatable bonds is 6. The number of carboxylic acid groups (broad SMARTS) is 1. The smallest absolute Gasteiger partial charge is 0.306 e. The van der Waals surface area contributed by atoms with Gasteiger partial charge >= 0.3 is 5.97 Å². The van der Waals surface area contributed by atoms with Gasteiger partial charge in [0.2, 0.25) is 5.91 Å². The Morgan fingerprint density at radius 2 is 1.91 bits per heavy atom.